The highest BCUT2D eigenvalue weighted by Crippen LogP contribution is 2.04. The molecule has 11 heavy (non-hydrogen) atoms. The van der Waals surface area contributed by atoms with Crippen LogP contribution in [0.2, 0.25) is 0 Å². The first-order chi connectivity index (χ1) is 5.72. The van der Waals surface area contributed by atoms with Gasteiger partial charge < -0.3 is 4.74 Å². The van der Waals surface area contributed by atoms with E-state index >= 15 is 0 Å². The quantitative estimate of drug-likeness (QED) is 0.644. The fourth-order valence-corrected chi connectivity index (χ4v) is 1.18. The van der Waals surface area contributed by atoms with Gasteiger partial charge >= 0.3 is 5.97 Å². The van der Waals surface area contributed by atoms with E-state index in [2.05, 4.69) is 4.98 Å². The number of esters is 1. The summed E-state index contributed by atoms with van der Waals surface area (Å²) in [6.45, 7) is 2.15. The van der Waals surface area contributed by atoms with Gasteiger partial charge in [-0.15, -0.1) is 11.3 Å². The molecule has 0 radical (unpaired) electrons. The minimum atomic E-state index is -0.285. The highest BCUT2D eigenvalue weighted by atomic mass is 32.1. The Hall–Kier alpha value is -0.900. The van der Waals surface area contributed by atoms with Crippen LogP contribution in [0.5, 0.6) is 0 Å². The van der Waals surface area contributed by atoms with E-state index in [1.807, 2.05) is 0 Å². The average molecular weight is 172 g/mol. The Bertz CT molecular complexity index is 274. The van der Waals surface area contributed by atoms with Crippen molar-refractivity contribution in [1.82, 2.24) is 4.98 Å². The molecule has 0 amide bonds. The molecule has 60 valence electrons. The molecule has 1 aromatic heterocycles. The molecule has 1 rings (SSSR count). The molecule has 3 nitrogen and oxygen atoms in total. The molecule has 0 atom stereocenters. The summed E-state index contributed by atoms with van der Waals surface area (Å²) in [5, 5.41) is 2.23. The fraction of sp³-hybridized carbons (Fsp3) is 0.429. The second kappa shape index (κ2) is 4.08. The van der Waals surface area contributed by atoms with Crippen LogP contribution >= 0.6 is 11.3 Å². The molecule has 0 aliphatic heterocycles. The molecule has 0 bridgehead atoms. The van der Waals surface area contributed by atoms with Crippen LogP contribution in [0, 0.1) is 0 Å². The Kier molecular flexibility index (Phi) is 2.52. The van der Waals surface area contributed by atoms with E-state index in [4.69, 9.17) is 6.11 Å². The fourth-order valence-electron chi connectivity index (χ4n) is 0.636. The largest absolute Gasteiger partial charge is 0.466 e. The van der Waals surface area contributed by atoms with Gasteiger partial charge in [0.1, 0.15) is 5.01 Å². The van der Waals surface area contributed by atoms with Crippen molar-refractivity contribution < 1.29 is 10.9 Å². The number of aromatic nitrogens is 1. The van der Waals surface area contributed by atoms with Gasteiger partial charge in [0, 0.05) is 11.6 Å². The molecule has 0 N–H and O–H groups in total. The molecule has 0 aliphatic carbocycles. The van der Waals surface area contributed by atoms with Gasteiger partial charge in [0.25, 0.3) is 0 Å². The minimum absolute atomic E-state index is 0.178. The highest BCUT2D eigenvalue weighted by molar-refractivity contribution is 7.09. The summed E-state index contributed by atoms with van der Waals surface area (Å²) in [4.78, 5) is 14.7. The molecule has 0 saturated carbocycles. The van der Waals surface area contributed by atoms with Crippen molar-refractivity contribution >= 4 is 17.3 Å². The molecule has 1 aromatic rings. The molecular weight excluding hydrogens is 162 g/mol. The predicted molar refractivity (Wildman–Crippen MR) is 42.5 cm³/mol. The van der Waals surface area contributed by atoms with E-state index < -0.39 is 0 Å². The molecular formula is C7H9NO2S. The van der Waals surface area contributed by atoms with Crippen LogP contribution in [-0.4, -0.2) is 17.6 Å². The Balaban J connectivity index is 2.46. The van der Waals surface area contributed by atoms with E-state index in [1.165, 1.54) is 11.3 Å². The van der Waals surface area contributed by atoms with E-state index in [9.17, 15) is 4.79 Å². The lowest BCUT2D eigenvalue weighted by atomic mass is 10.4. The van der Waals surface area contributed by atoms with Gasteiger partial charge in [0.15, 0.2) is 0 Å². The smallest absolute Gasteiger partial charge is 0.312 e. The summed E-state index contributed by atoms with van der Waals surface area (Å²) in [5.74, 6) is -0.285. The van der Waals surface area contributed by atoms with Crippen LogP contribution in [-0.2, 0) is 16.0 Å². The number of nitrogens with zero attached hydrogens (tertiary/aromatic N) is 1. The van der Waals surface area contributed by atoms with Gasteiger partial charge in [0.2, 0.25) is 0 Å². The van der Waals surface area contributed by atoms with Gasteiger partial charge in [-0.2, -0.15) is 0 Å². The number of ether oxygens (including phenoxy) is 1. The van der Waals surface area contributed by atoms with Crippen molar-refractivity contribution in [1.29, 1.82) is 0 Å². The third-order valence-electron chi connectivity index (χ3n) is 1.04. The first-order valence-electron chi connectivity index (χ1n) is 3.79. The Morgan fingerprint density at radius 1 is 2.00 bits per heavy atom. The number of carbonyl (C=O) groups excluding carboxylic acids is 1. The van der Waals surface area contributed by atoms with Crippen LogP contribution in [0.3, 0.4) is 0 Å². The molecule has 0 aromatic carbocycles. The summed E-state index contributed by atoms with van der Waals surface area (Å²) in [6.07, 6.45) is 0.386. The van der Waals surface area contributed by atoms with Crippen LogP contribution in [0.25, 0.3) is 0 Å². The van der Waals surface area contributed by atoms with Gasteiger partial charge in [-0.1, -0.05) is 0 Å². The zero-order valence-corrected chi connectivity index (χ0v) is 6.98. The standard InChI is InChI=1S/C7H9NO2S/c1-2-10-7(9)5-6-8-3-4-11-6/h3-4H,2,5H2,1H3/i3D. The maximum atomic E-state index is 10.9. The lowest BCUT2D eigenvalue weighted by molar-refractivity contribution is -0.142. The Labute approximate surface area is 70.4 Å². The second-order valence-corrected chi connectivity index (χ2v) is 2.79. The monoisotopic (exact) mass is 172 g/mol. The topological polar surface area (TPSA) is 39.2 Å². The number of rotatable bonds is 3. The van der Waals surface area contributed by atoms with Crippen LogP contribution < -0.4 is 0 Å². The van der Waals surface area contributed by atoms with E-state index in [0.717, 1.165) is 0 Å². The normalized spacial score (nSPS) is 10.8. The predicted octanol–water partition coefficient (Wildman–Crippen LogP) is 1.25. The maximum Gasteiger partial charge on any atom is 0.312 e. The van der Waals surface area contributed by atoms with Crippen molar-refractivity contribution in [3.63, 3.8) is 0 Å². The molecule has 4 heteroatoms. The lowest BCUT2D eigenvalue weighted by Crippen LogP contribution is -2.06. The number of hydrogen-bond donors (Lipinski definition) is 0. The zero-order valence-electron chi connectivity index (χ0n) is 7.16. The van der Waals surface area contributed by atoms with Crippen LogP contribution in [0.4, 0.5) is 0 Å². The Morgan fingerprint density at radius 3 is 3.36 bits per heavy atom. The third-order valence-corrected chi connectivity index (χ3v) is 1.77. The summed E-state index contributed by atoms with van der Waals surface area (Å²) >= 11 is 1.30. The van der Waals surface area contributed by atoms with Crippen molar-refractivity contribution in [2.24, 2.45) is 0 Å². The Morgan fingerprint density at radius 2 is 2.82 bits per heavy atom. The molecule has 0 aliphatic rings. The average Bonchev–Trinajstić information content (AvgIpc) is 2.36. The summed E-state index contributed by atoms with van der Waals surface area (Å²) in [5.41, 5.74) is 0. The zero-order chi connectivity index (χ0) is 8.97. The highest BCUT2D eigenvalue weighted by Gasteiger charge is 2.04. The summed E-state index contributed by atoms with van der Waals surface area (Å²) < 4.78 is 11.8. The van der Waals surface area contributed by atoms with Gasteiger partial charge in [-0.3, -0.25) is 4.79 Å². The van der Waals surface area contributed by atoms with Crippen LogP contribution in [0.15, 0.2) is 11.6 Å². The van der Waals surface area contributed by atoms with E-state index in [0.29, 0.717) is 11.6 Å². The molecule has 0 spiro atoms. The third kappa shape index (κ3) is 2.67. The molecule has 0 saturated heterocycles. The first kappa shape index (κ1) is 6.79. The van der Waals surface area contributed by atoms with Gasteiger partial charge in [0.05, 0.1) is 14.4 Å². The van der Waals surface area contributed by atoms with Crippen molar-refractivity contribution in [3.05, 3.63) is 16.6 Å². The van der Waals surface area contributed by atoms with Crippen molar-refractivity contribution in [3.8, 4) is 0 Å². The first-order valence-corrected chi connectivity index (χ1v) is 4.17. The molecule has 1 heterocycles. The minimum Gasteiger partial charge on any atom is -0.466 e. The summed E-state index contributed by atoms with van der Waals surface area (Å²) in [7, 11) is 0. The number of hydrogen-bond acceptors (Lipinski definition) is 4. The van der Waals surface area contributed by atoms with Crippen LogP contribution in [0.1, 0.15) is 13.3 Å². The lowest BCUT2D eigenvalue weighted by Gasteiger charge is -1.97. The number of carbonyl (C=O) groups is 1. The SMILES string of the molecule is [2H]c1csc(CC(=O)OCC)n1. The maximum absolute atomic E-state index is 10.9. The summed E-state index contributed by atoms with van der Waals surface area (Å²) in [6, 6.07) is 0. The molecule has 0 unspecified atom stereocenters. The number of thiazole rings is 1. The van der Waals surface area contributed by atoms with Gasteiger partial charge in [-0.05, 0) is 6.92 Å². The van der Waals surface area contributed by atoms with Gasteiger partial charge in [-0.25, -0.2) is 4.98 Å². The molecule has 0 fully saturated rings. The van der Waals surface area contributed by atoms with Crippen molar-refractivity contribution in [2.45, 2.75) is 13.3 Å². The second-order valence-electron chi connectivity index (χ2n) is 1.85. The van der Waals surface area contributed by atoms with E-state index in [1.54, 1.807) is 12.3 Å². The van der Waals surface area contributed by atoms with E-state index in [-0.39, 0.29) is 18.6 Å². The van der Waals surface area contributed by atoms with Crippen molar-refractivity contribution in [2.75, 3.05) is 6.61 Å².